The van der Waals surface area contributed by atoms with Crippen LogP contribution in [0.1, 0.15) is 49.9 Å². The Hall–Kier alpha value is -13.3. The molecule has 0 radical (unpaired) electrons. The third-order valence-electron chi connectivity index (χ3n) is 23.4. The van der Waals surface area contributed by atoms with E-state index in [9.17, 15) is 0 Å². The Morgan fingerprint density at radius 1 is 0.179 bits per heavy atom. The lowest BCUT2D eigenvalue weighted by Gasteiger charge is -2.21. The van der Waals surface area contributed by atoms with Gasteiger partial charge in [0.05, 0.1) is 44.1 Å². The standard InChI is InChI=1S/2C51H36N2/c1-51(2)43-22-11-9-21-40(43)49-44(51)26-29-48-50(49)42-32-36(25-28-47(42)53(48)38-19-13-16-34(30-38)33-14-5-3-6-15-33)35-24-27-46-41(31-35)39-20-10-12-23-45(39)52(46)37-17-7-4-8-18-37;1-51(2)45-22-11-9-20-39(45)41-32-50-44(31-46(41)51)43-30-36(25-27-49(43)53(50)38-19-13-16-34(28-38)33-14-5-3-6-15-33)35-24-26-48-42(29-35)40-21-10-12-23-47(40)52(48)37-17-7-4-8-18-37/h2*3-32H,1-2H3. The topological polar surface area (TPSA) is 19.7 Å². The molecule has 0 aliphatic heterocycles. The van der Waals surface area contributed by atoms with Gasteiger partial charge in [-0.25, -0.2) is 0 Å². The molecular formula is C102H72N4. The molecule has 0 bridgehead atoms. The average Bonchev–Trinajstić information content (AvgIpc) is 1.56. The molecule has 0 amide bonds. The molecule has 0 saturated carbocycles. The molecule has 500 valence electrons. The first-order valence-electron chi connectivity index (χ1n) is 37.0. The Morgan fingerprint density at radius 2 is 0.519 bits per heavy atom. The molecule has 2 aliphatic carbocycles. The van der Waals surface area contributed by atoms with Crippen LogP contribution in [0.25, 0.3) is 177 Å². The van der Waals surface area contributed by atoms with E-state index in [1.807, 2.05) is 0 Å². The summed E-state index contributed by atoms with van der Waals surface area (Å²) in [6, 6.07) is 134. The Bertz CT molecular complexity index is 6890. The second-order valence-electron chi connectivity index (χ2n) is 29.9. The highest BCUT2D eigenvalue weighted by molar-refractivity contribution is 6.20. The van der Waals surface area contributed by atoms with Gasteiger partial charge in [-0.3, -0.25) is 0 Å². The van der Waals surface area contributed by atoms with Gasteiger partial charge in [0, 0.05) is 76.7 Å². The Labute approximate surface area is 615 Å². The van der Waals surface area contributed by atoms with E-state index < -0.39 is 0 Å². The largest absolute Gasteiger partial charge is 0.309 e. The van der Waals surface area contributed by atoms with Crippen LogP contribution in [0.5, 0.6) is 0 Å². The molecule has 0 atom stereocenters. The fraction of sp³-hybridized carbons (Fsp3) is 0.0588. The van der Waals surface area contributed by atoms with E-state index in [1.54, 1.807) is 0 Å². The average molecular weight is 1350 g/mol. The highest BCUT2D eigenvalue weighted by Gasteiger charge is 2.39. The Balaban J connectivity index is 0.000000136. The number of nitrogens with zero attached hydrogens (tertiary/aromatic N) is 4. The number of hydrogen-bond acceptors (Lipinski definition) is 0. The van der Waals surface area contributed by atoms with Crippen molar-refractivity contribution in [1.29, 1.82) is 0 Å². The molecule has 2 aliphatic rings. The molecule has 0 spiro atoms. The summed E-state index contributed by atoms with van der Waals surface area (Å²) < 4.78 is 9.73. The van der Waals surface area contributed by atoms with Gasteiger partial charge in [-0.1, -0.05) is 264 Å². The van der Waals surface area contributed by atoms with Gasteiger partial charge in [0.25, 0.3) is 0 Å². The summed E-state index contributed by atoms with van der Waals surface area (Å²) in [5.41, 5.74) is 35.0. The zero-order valence-electron chi connectivity index (χ0n) is 59.4. The summed E-state index contributed by atoms with van der Waals surface area (Å²) in [7, 11) is 0. The van der Waals surface area contributed by atoms with Crippen LogP contribution in [0, 0.1) is 0 Å². The first-order valence-corrected chi connectivity index (χ1v) is 37.0. The van der Waals surface area contributed by atoms with Crippen molar-refractivity contribution in [1.82, 2.24) is 18.3 Å². The van der Waals surface area contributed by atoms with Crippen LogP contribution in [0.2, 0.25) is 0 Å². The smallest absolute Gasteiger partial charge is 0.0547 e. The van der Waals surface area contributed by atoms with Crippen molar-refractivity contribution in [3.8, 4) is 89.5 Å². The van der Waals surface area contributed by atoms with Crippen LogP contribution in [0.4, 0.5) is 0 Å². The van der Waals surface area contributed by atoms with Crippen molar-refractivity contribution in [2.24, 2.45) is 0 Å². The first-order chi connectivity index (χ1) is 52.1. The van der Waals surface area contributed by atoms with Crippen LogP contribution in [0.15, 0.2) is 364 Å². The maximum atomic E-state index is 2.49. The van der Waals surface area contributed by atoms with Crippen molar-refractivity contribution >= 4 is 87.2 Å². The molecule has 0 fully saturated rings. The van der Waals surface area contributed by atoms with Crippen LogP contribution in [0.3, 0.4) is 0 Å². The van der Waals surface area contributed by atoms with Gasteiger partial charge in [0.15, 0.2) is 0 Å². The number of benzene rings is 16. The fourth-order valence-corrected chi connectivity index (χ4v) is 18.4. The van der Waals surface area contributed by atoms with Crippen LogP contribution >= 0.6 is 0 Å². The minimum atomic E-state index is -0.0859. The van der Waals surface area contributed by atoms with Crippen LogP contribution < -0.4 is 0 Å². The predicted molar refractivity (Wildman–Crippen MR) is 447 cm³/mol. The molecule has 16 aromatic carbocycles. The quantitative estimate of drug-likeness (QED) is 0.144. The van der Waals surface area contributed by atoms with E-state index in [0.717, 1.165) is 0 Å². The van der Waals surface area contributed by atoms with Crippen LogP contribution in [-0.4, -0.2) is 18.3 Å². The monoisotopic (exact) mass is 1350 g/mol. The summed E-state index contributed by atoms with van der Waals surface area (Å²) in [6.45, 7) is 9.49. The maximum absolute atomic E-state index is 2.49. The molecule has 4 aromatic heterocycles. The van der Waals surface area contributed by atoms with E-state index in [4.69, 9.17) is 0 Å². The van der Waals surface area contributed by atoms with Crippen molar-refractivity contribution < 1.29 is 0 Å². The molecule has 20 aromatic rings. The first kappa shape index (κ1) is 61.4. The second kappa shape index (κ2) is 23.6. The molecule has 4 heteroatoms. The van der Waals surface area contributed by atoms with Crippen molar-refractivity contribution in [2.45, 2.75) is 38.5 Å². The SMILES string of the molecule is CC1(C)c2ccccc2-c2c1ccc1c2c2cc(-c3ccc4c(c3)c3ccccc3n4-c3ccccc3)ccc2n1-c1cccc(-c2ccccc2)c1.CC1(C)c2ccccc2-c2cc3c(cc21)c1cc(-c2ccc4c(c2)c2ccccc2n4-c2ccccc2)ccc1n3-c1cccc(-c2ccccc2)c1. The molecule has 4 heterocycles. The van der Waals surface area contributed by atoms with Gasteiger partial charge in [0.2, 0.25) is 0 Å². The van der Waals surface area contributed by atoms with Gasteiger partial charge in [-0.2, -0.15) is 0 Å². The molecule has 0 unspecified atom stereocenters. The third-order valence-corrected chi connectivity index (χ3v) is 23.4. The molecule has 0 saturated heterocycles. The summed E-state index contributed by atoms with van der Waals surface area (Å²) in [6.07, 6.45) is 0. The Morgan fingerprint density at radius 3 is 1.04 bits per heavy atom. The number of aromatic nitrogens is 4. The van der Waals surface area contributed by atoms with E-state index >= 15 is 0 Å². The lowest BCUT2D eigenvalue weighted by atomic mass is 9.82. The lowest BCUT2D eigenvalue weighted by Crippen LogP contribution is -2.14. The van der Waals surface area contributed by atoms with Gasteiger partial charge in [-0.05, 0) is 216 Å². The number of para-hydroxylation sites is 4. The van der Waals surface area contributed by atoms with Gasteiger partial charge in [0.1, 0.15) is 0 Å². The van der Waals surface area contributed by atoms with E-state index in [0.29, 0.717) is 0 Å². The summed E-state index contributed by atoms with van der Waals surface area (Å²) >= 11 is 0. The van der Waals surface area contributed by atoms with Crippen molar-refractivity contribution in [3.05, 3.63) is 386 Å². The minimum absolute atomic E-state index is 0.0859. The normalized spacial score (nSPS) is 13.2. The summed E-state index contributed by atoms with van der Waals surface area (Å²) in [5, 5.41) is 10.2. The third kappa shape index (κ3) is 9.33. The number of rotatable bonds is 8. The highest BCUT2D eigenvalue weighted by atomic mass is 15.0. The molecule has 22 rings (SSSR count). The van der Waals surface area contributed by atoms with Gasteiger partial charge in [-0.15, -0.1) is 0 Å². The summed E-state index contributed by atoms with van der Waals surface area (Å²) in [5.74, 6) is 0. The van der Waals surface area contributed by atoms with E-state index in [1.165, 1.54) is 199 Å². The molecule has 4 nitrogen and oxygen atoms in total. The van der Waals surface area contributed by atoms with Gasteiger partial charge >= 0.3 is 0 Å². The molecule has 0 N–H and O–H groups in total. The van der Waals surface area contributed by atoms with E-state index in [-0.39, 0.29) is 10.8 Å². The Kier molecular flexibility index (Phi) is 13.7. The minimum Gasteiger partial charge on any atom is -0.309 e. The summed E-state index contributed by atoms with van der Waals surface area (Å²) in [4.78, 5) is 0. The highest BCUT2D eigenvalue weighted by Crippen LogP contribution is 2.55. The second-order valence-corrected chi connectivity index (χ2v) is 29.9. The zero-order chi connectivity index (χ0) is 70.5. The lowest BCUT2D eigenvalue weighted by molar-refractivity contribution is 0.661. The maximum Gasteiger partial charge on any atom is 0.0547 e. The number of fused-ring (bicyclic) bond motifs is 19. The predicted octanol–water partition coefficient (Wildman–Crippen LogP) is 27.0. The van der Waals surface area contributed by atoms with Gasteiger partial charge < -0.3 is 18.3 Å². The molecular weight excluding hydrogens is 1280 g/mol. The fourth-order valence-electron chi connectivity index (χ4n) is 18.4. The molecule has 106 heavy (non-hydrogen) atoms. The van der Waals surface area contributed by atoms with Crippen molar-refractivity contribution in [3.63, 3.8) is 0 Å². The number of hydrogen-bond donors (Lipinski definition) is 0. The van der Waals surface area contributed by atoms with E-state index in [2.05, 4.69) is 410 Å². The van der Waals surface area contributed by atoms with Crippen LogP contribution in [-0.2, 0) is 10.8 Å². The van der Waals surface area contributed by atoms with Crippen molar-refractivity contribution in [2.75, 3.05) is 0 Å². The zero-order valence-corrected chi connectivity index (χ0v) is 59.4.